The molecule has 1 aromatic heterocycles. The summed E-state index contributed by atoms with van der Waals surface area (Å²) in [5.74, 6) is -0.265. The Hall–Kier alpha value is -3.86. The lowest BCUT2D eigenvalue weighted by Gasteiger charge is -2.14. The molecule has 0 spiro atoms. The molecular formula is C28H26FNO3. The molecular weight excluding hydrogens is 417 g/mol. The normalized spacial score (nSPS) is 11.6. The lowest BCUT2D eigenvalue weighted by atomic mass is 9.94. The number of nitrogens with one attached hydrogen (secondary N) is 1. The van der Waals surface area contributed by atoms with E-state index in [9.17, 15) is 9.18 Å². The number of carbonyl (C=O) groups excluding carboxylic acids is 1. The van der Waals surface area contributed by atoms with Gasteiger partial charge in [0.1, 0.15) is 17.1 Å². The number of furan rings is 1. The van der Waals surface area contributed by atoms with E-state index in [-0.39, 0.29) is 5.69 Å². The highest BCUT2D eigenvalue weighted by Crippen LogP contribution is 2.41. The number of para-hydroxylation sites is 1. The van der Waals surface area contributed by atoms with E-state index in [0.29, 0.717) is 11.3 Å². The number of fused-ring (bicyclic) bond motifs is 1. The fourth-order valence-corrected chi connectivity index (χ4v) is 4.20. The van der Waals surface area contributed by atoms with Crippen molar-refractivity contribution < 1.29 is 18.3 Å². The Balaban J connectivity index is 1.80. The zero-order valence-corrected chi connectivity index (χ0v) is 19.4. The molecule has 1 amide bonds. The Bertz CT molecular complexity index is 1400. The van der Waals surface area contributed by atoms with E-state index in [1.807, 2.05) is 19.9 Å². The molecule has 0 bridgehead atoms. The number of rotatable bonds is 5. The summed E-state index contributed by atoms with van der Waals surface area (Å²) < 4.78 is 25.6. The minimum atomic E-state index is -0.483. The maximum absolute atomic E-state index is 13.9. The highest BCUT2D eigenvalue weighted by Gasteiger charge is 2.19. The third-order valence-corrected chi connectivity index (χ3v) is 5.82. The predicted octanol–water partition coefficient (Wildman–Crippen LogP) is 7.21. The van der Waals surface area contributed by atoms with Gasteiger partial charge in [-0.1, -0.05) is 35.9 Å². The largest absolute Gasteiger partial charge is 0.496 e. The third-order valence-electron chi connectivity index (χ3n) is 5.82. The number of allylic oxidation sites excluding steroid dienone is 1. The second-order valence-corrected chi connectivity index (χ2v) is 8.22. The van der Waals surface area contributed by atoms with Crippen molar-refractivity contribution in [1.29, 1.82) is 0 Å². The molecule has 1 N–H and O–H groups in total. The van der Waals surface area contributed by atoms with E-state index in [0.717, 1.165) is 38.8 Å². The summed E-state index contributed by atoms with van der Waals surface area (Å²) in [6, 6.07) is 14.4. The van der Waals surface area contributed by atoms with Crippen LogP contribution >= 0.6 is 0 Å². The van der Waals surface area contributed by atoms with Crippen LogP contribution in [-0.4, -0.2) is 13.0 Å². The molecule has 0 saturated carbocycles. The van der Waals surface area contributed by atoms with Gasteiger partial charge in [-0.2, -0.15) is 0 Å². The molecule has 33 heavy (non-hydrogen) atoms. The fourth-order valence-electron chi connectivity index (χ4n) is 4.20. The van der Waals surface area contributed by atoms with Crippen molar-refractivity contribution in [1.82, 2.24) is 0 Å². The number of halogens is 1. The minimum absolute atomic E-state index is 0.136. The van der Waals surface area contributed by atoms with Gasteiger partial charge in [0.15, 0.2) is 0 Å². The second kappa shape index (κ2) is 8.94. The summed E-state index contributed by atoms with van der Waals surface area (Å²) in [4.78, 5) is 12.6. The molecule has 0 aliphatic rings. The highest BCUT2D eigenvalue weighted by molar-refractivity contribution is 6.06. The molecule has 4 rings (SSSR count). The van der Waals surface area contributed by atoms with Crippen LogP contribution in [0.5, 0.6) is 5.75 Å². The van der Waals surface area contributed by atoms with Crippen molar-refractivity contribution in [2.24, 2.45) is 0 Å². The van der Waals surface area contributed by atoms with Crippen LogP contribution in [0.2, 0.25) is 0 Å². The summed E-state index contributed by atoms with van der Waals surface area (Å²) in [7, 11) is 1.60. The van der Waals surface area contributed by atoms with Crippen LogP contribution in [0.25, 0.3) is 27.7 Å². The first-order valence-electron chi connectivity index (χ1n) is 10.7. The van der Waals surface area contributed by atoms with Crippen molar-refractivity contribution >= 4 is 28.1 Å². The number of anilines is 1. The van der Waals surface area contributed by atoms with Crippen LogP contribution < -0.4 is 10.1 Å². The van der Waals surface area contributed by atoms with Gasteiger partial charge in [-0.3, -0.25) is 4.79 Å². The predicted molar refractivity (Wildman–Crippen MR) is 131 cm³/mol. The summed E-state index contributed by atoms with van der Waals surface area (Å²) >= 11 is 0. The molecule has 0 aliphatic heterocycles. The molecule has 0 unspecified atom stereocenters. The number of hydrogen-bond acceptors (Lipinski definition) is 3. The maximum Gasteiger partial charge on any atom is 0.248 e. The molecule has 0 atom stereocenters. The highest BCUT2D eigenvalue weighted by atomic mass is 19.1. The number of carbonyl (C=O) groups is 1. The number of aryl methyl sites for hydroxylation is 3. The number of hydrogen-bond donors (Lipinski definition) is 1. The van der Waals surface area contributed by atoms with Gasteiger partial charge < -0.3 is 14.5 Å². The SMILES string of the molecule is COc1c(/C(C)=C/C(=O)Nc2ccccc2F)cc2c(-c3ccc(C)cc3C)coc2c1C. The first-order valence-corrected chi connectivity index (χ1v) is 10.7. The first-order chi connectivity index (χ1) is 15.8. The molecule has 0 fully saturated rings. The maximum atomic E-state index is 13.9. The molecule has 5 heteroatoms. The Morgan fingerprint density at radius 3 is 2.52 bits per heavy atom. The summed E-state index contributed by atoms with van der Waals surface area (Å²) in [5.41, 5.74) is 7.63. The van der Waals surface area contributed by atoms with Gasteiger partial charge in [-0.15, -0.1) is 0 Å². The zero-order valence-electron chi connectivity index (χ0n) is 19.4. The van der Waals surface area contributed by atoms with Crippen LogP contribution in [-0.2, 0) is 4.79 Å². The Kier molecular flexibility index (Phi) is 6.05. The molecule has 0 saturated heterocycles. The van der Waals surface area contributed by atoms with Crippen molar-refractivity contribution in [2.75, 3.05) is 12.4 Å². The fraction of sp³-hybridized carbons (Fsp3) is 0.179. The lowest BCUT2D eigenvalue weighted by molar-refractivity contribution is -0.111. The lowest BCUT2D eigenvalue weighted by Crippen LogP contribution is -2.10. The van der Waals surface area contributed by atoms with Gasteiger partial charge in [-0.25, -0.2) is 4.39 Å². The van der Waals surface area contributed by atoms with E-state index in [4.69, 9.17) is 9.15 Å². The number of amides is 1. The van der Waals surface area contributed by atoms with Crippen LogP contribution in [0.4, 0.5) is 10.1 Å². The zero-order chi connectivity index (χ0) is 23.7. The smallest absolute Gasteiger partial charge is 0.248 e. The van der Waals surface area contributed by atoms with E-state index >= 15 is 0 Å². The average Bonchev–Trinajstić information content (AvgIpc) is 3.19. The molecule has 3 aromatic carbocycles. The van der Waals surface area contributed by atoms with Crippen LogP contribution in [0.3, 0.4) is 0 Å². The number of methoxy groups -OCH3 is 1. The van der Waals surface area contributed by atoms with Gasteiger partial charge in [0, 0.05) is 28.2 Å². The van der Waals surface area contributed by atoms with Crippen molar-refractivity contribution in [2.45, 2.75) is 27.7 Å². The Morgan fingerprint density at radius 1 is 1.06 bits per heavy atom. The average molecular weight is 444 g/mol. The number of benzene rings is 3. The van der Waals surface area contributed by atoms with Crippen molar-refractivity contribution in [3.8, 4) is 16.9 Å². The molecule has 168 valence electrons. The third kappa shape index (κ3) is 4.27. The Labute approximate surface area is 192 Å². The van der Waals surface area contributed by atoms with Crippen LogP contribution in [0.15, 0.2) is 65.3 Å². The minimum Gasteiger partial charge on any atom is -0.496 e. The standard InChI is InChI=1S/C28H26FNO3/c1-16-10-11-20(17(2)12-16)23-15-33-28-19(4)27(32-5)21(14-22(23)28)18(3)13-26(31)30-25-9-7-6-8-24(25)29/h6-15H,1-5H3,(H,30,31)/b18-13+. The van der Waals surface area contributed by atoms with E-state index in [1.165, 1.54) is 23.8 Å². The van der Waals surface area contributed by atoms with E-state index in [1.54, 1.807) is 25.5 Å². The molecule has 4 nitrogen and oxygen atoms in total. The molecule has 1 heterocycles. The van der Waals surface area contributed by atoms with Crippen LogP contribution in [0, 0.1) is 26.6 Å². The molecule has 4 aromatic rings. The second-order valence-electron chi connectivity index (χ2n) is 8.22. The topological polar surface area (TPSA) is 51.5 Å². The number of ether oxygens (including phenoxy) is 1. The van der Waals surface area contributed by atoms with Crippen molar-refractivity contribution in [3.63, 3.8) is 0 Å². The quantitative estimate of drug-likeness (QED) is 0.331. The van der Waals surface area contributed by atoms with Crippen LogP contribution in [0.1, 0.15) is 29.2 Å². The summed E-state index contributed by atoms with van der Waals surface area (Å²) in [6.07, 6.45) is 3.22. The van der Waals surface area contributed by atoms with Gasteiger partial charge in [0.25, 0.3) is 0 Å². The first kappa shape index (κ1) is 22.3. The van der Waals surface area contributed by atoms with E-state index in [2.05, 4.69) is 37.4 Å². The summed E-state index contributed by atoms with van der Waals surface area (Å²) in [5, 5.41) is 3.54. The van der Waals surface area contributed by atoms with Gasteiger partial charge in [-0.05, 0) is 62.6 Å². The van der Waals surface area contributed by atoms with Gasteiger partial charge >= 0.3 is 0 Å². The van der Waals surface area contributed by atoms with Gasteiger partial charge in [0.05, 0.1) is 19.1 Å². The Morgan fingerprint density at radius 2 is 1.82 bits per heavy atom. The van der Waals surface area contributed by atoms with Gasteiger partial charge in [0.2, 0.25) is 5.91 Å². The van der Waals surface area contributed by atoms with E-state index < -0.39 is 11.7 Å². The van der Waals surface area contributed by atoms with Crippen molar-refractivity contribution in [3.05, 3.63) is 88.9 Å². The molecule has 0 radical (unpaired) electrons. The summed E-state index contributed by atoms with van der Waals surface area (Å²) in [6.45, 7) is 7.92. The monoisotopic (exact) mass is 443 g/mol. The molecule has 0 aliphatic carbocycles.